The number of halogens is 1. The zero-order valence-electron chi connectivity index (χ0n) is 12.3. The van der Waals surface area contributed by atoms with Gasteiger partial charge in [0.2, 0.25) is 5.91 Å². The van der Waals surface area contributed by atoms with Gasteiger partial charge < -0.3 is 11.1 Å². The molecule has 1 heterocycles. The number of pyridine rings is 1. The average Bonchev–Trinajstić information content (AvgIpc) is 2.55. The van der Waals surface area contributed by atoms with Crippen molar-refractivity contribution in [1.29, 1.82) is 0 Å². The Morgan fingerprint density at radius 1 is 1.22 bits per heavy atom. The molecule has 0 aliphatic heterocycles. The largest absolute Gasteiger partial charge is 0.369 e. The van der Waals surface area contributed by atoms with Crippen molar-refractivity contribution in [2.24, 2.45) is 5.73 Å². The first kappa shape index (κ1) is 17.3. The zero-order chi connectivity index (χ0) is 16.7. The summed E-state index contributed by atoms with van der Waals surface area (Å²) < 4.78 is 0. The molecule has 3 N–H and O–H groups in total. The molecule has 0 radical (unpaired) electrons. The highest BCUT2D eigenvalue weighted by molar-refractivity contribution is 8.00. The number of nitrogens with zero attached hydrogens (tertiary/aromatic N) is 1. The van der Waals surface area contributed by atoms with E-state index in [9.17, 15) is 9.59 Å². The van der Waals surface area contributed by atoms with Crippen molar-refractivity contribution in [3.05, 3.63) is 58.7 Å². The molecule has 2 aromatic rings. The van der Waals surface area contributed by atoms with Crippen LogP contribution in [0.5, 0.6) is 0 Å². The number of aromatic nitrogens is 1. The fourth-order valence-electron chi connectivity index (χ4n) is 1.88. The average molecular weight is 350 g/mol. The molecule has 0 fully saturated rings. The fourth-order valence-corrected chi connectivity index (χ4v) is 2.74. The van der Waals surface area contributed by atoms with Crippen molar-refractivity contribution in [3.63, 3.8) is 0 Å². The third kappa shape index (κ3) is 5.58. The van der Waals surface area contributed by atoms with Crippen molar-refractivity contribution < 1.29 is 9.59 Å². The smallest absolute Gasteiger partial charge is 0.254 e. The van der Waals surface area contributed by atoms with Gasteiger partial charge in [0.25, 0.3) is 5.91 Å². The Balaban J connectivity index is 1.92. The first-order chi connectivity index (χ1) is 11.1. The number of rotatable bonds is 7. The number of carbonyl (C=O) groups is 2. The van der Waals surface area contributed by atoms with E-state index in [1.807, 2.05) is 24.3 Å². The van der Waals surface area contributed by atoms with E-state index in [1.54, 1.807) is 18.3 Å². The summed E-state index contributed by atoms with van der Waals surface area (Å²) in [5.74, 6) is -0.587. The molecule has 2 rings (SSSR count). The summed E-state index contributed by atoms with van der Waals surface area (Å²) in [4.78, 5) is 27.3. The Kier molecular flexibility index (Phi) is 6.43. The second kappa shape index (κ2) is 8.55. The number of nitrogens with two attached hydrogens (primary N) is 1. The van der Waals surface area contributed by atoms with Crippen molar-refractivity contribution in [1.82, 2.24) is 10.3 Å². The third-order valence-electron chi connectivity index (χ3n) is 2.98. The van der Waals surface area contributed by atoms with Crippen LogP contribution in [0.4, 0.5) is 0 Å². The Bertz CT molecular complexity index is 692. The maximum absolute atomic E-state index is 12.3. The summed E-state index contributed by atoms with van der Waals surface area (Å²) in [5.41, 5.74) is 6.65. The number of hydrogen-bond acceptors (Lipinski definition) is 4. The predicted octanol–water partition coefficient (Wildman–Crippen LogP) is 2.28. The summed E-state index contributed by atoms with van der Waals surface area (Å²) in [7, 11) is 0. The van der Waals surface area contributed by atoms with Gasteiger partial charge in [-0.25, -0.2) is 4.98 Å². The minimum Gasteiger partial charge on any atom is -0.369 e. The van der Waals surface area contributed by atoms with Gasteiger partial charge in [-0.1, -0.05) is 35.5 Å². The van der Waals surface area contributed by atoms with Crippen molar-refractivity contribution >= 4 is 35.2 Å². The Morgan fingerprint density at radius 3 is 2.65 bits per heavy atom. The molecule has 1 aromatic carbocycles. The number of hydrogen-bond donors (Lipinski definition) is 2. The van der Waals surface area contributed by atoms with Crippen LogP contribution in [-0.4, -0.2) is 29.1 Å². The molecule has 0 aliphatic carbocycles. The number of benzene rings is 1. The molecule has 0 saturated heterocycles. The lowest BCUT2D eigenvalue weighted by Gasteiger charge is -2.08. The standard InChI is InChI=1S/C16H16ClN3O2S/c17-12-5-3-11(4-6-12)7-9-19-15(22)13-2-1-8-20-16(13)23-10-14(18)21/h1-6,8H,7,9-10H2,(H2,18,21)(H,19,22). The van der Waals surface area contributed by atoms with E-state index in [0.29, 0.717) is 28.6 Å². The van der Waals surface area contributed by atoms with Crippen LogP contribution in [-0.2, 0) is 11.2 Å². The van der Waals surface area contributed by atoms with Gasteiger partial charge in [0.1, 0.15) is 5.03 Å². The van der Waals surface area contributed by atoms with Crippen LogP contribution < -0.4 is 11.1 Å². The van der Waals surface area contributed by atoms with Gasteiger partial charge in [0.15, 0.2) is 0 Å². The lowest BCUT2D eigenvalue weighted by atomic mass is 10.1. The molecule has 0 bridgehead atoms. The summed E-state index contributed by atoms with van der Waals surface area (Å²) in [6.07, 6.45) is 2.28. The van der Waals surface area contributed by atoms with E-state index in [4.69, 9.17) is 17.3 Å². The van der Waals surface area contributed by atoms with Crippen LogP contribution in [0.25, 0.3) is 0 Å². The molecule has 5 nitrogen and oxygen atoms in total. The number of thioether (sulfide) groups is 1. The normalized spacial score (nSPS) is 10.3. The molecule has 1 aromatic heterocycles. The molecule has 23 heavy (non-hydrogen) atoms. The Hall–Kier alpha value is -2.05. The Morgan fingerprint density at radius 2 is 1.96 bits per heavy atom. The van der Waals surface area contributed by atoms with Gasteiger partial charge in [0.05, 0.1) is 11.3 Å². The van der Waals surface area contributed by atoms with Gasteiger partial charge in [-0.3, -0.25) is 9.59 Å². The van der Waals surface area contributed by atoms with E-state index in [1.165, 1.54) is 0 Å². The van der Waals surface area contributed by atoms with Gasteiger partial charge >= 0.3 is 0 Å². The highest BCUT2D eigenvalue weighted by atomic mass is 35.5. The van der Waals surface area contributed by atoms with Crippen LogP contribution in [0.3, 0.4) is 0 Å². The fraction of sp³-hybridized carbons (Fsp3) is 0.188. The predicted molar refractivity (Wildman–Crippen MR) is 91.6 cm³/mol. The molecular weight excluding hydrogens is 334 g/mol. The zero-order valence-corrected chi connectivity index (χ0v) is 13.9. The molecule has 0 saturated carbocycles. The summed E-state index contributed by atoms with van der Waals surface area (Å²) in [6.45, 7) is 0.495. The van der Waals surface area contributed by atoms with Gasteiger partial charge in [-0.05, 0) is 36.2 Å². The molecular formula is C16H16ClN3O2S. The molecule has 120 valence electrons. The van der Waals surface area contributed by atoms with Crippen LogP contribution in [0, 0.1) is 0 Å². The maximum Gasteiger partial charge on any atom is 0.254 e. The van der Waals surface area contributed by atoms with E-state index in [-0.39, 0.29) is 11.7 Å². The van der Waals surface area contributed by atoms with Gasteiger partial charge in [-0.2, -0.15) is 0 Å². The first-order valence-corrected chi connectivity index (χ1v) is 8.31. The van der Waals surface area contributed by atoms with Gasteiger partial charge in [0, 0.05) is 17.8 Å². The molecule has 7 heteroatoms. The van der Waals surface area contributed by atoms with Crippen LogP contribution in [0.15, 0.2) is 47.6 Å². The number of nitrogens with one attached hydrogen (secondary N) is 1. The van der Waals surface area contributed by atoms with Crippen molar-refractivity contribution in [3.8, 4) is 0 Å². The third-order valence-corrected chi connectivity index (χ3v) is 4.26. The lowest BCUT2D eigenvalue weighted by molar-refractivity contribution is -0.115. The summed E-state index contributed by atoms with van der Waals surface area (Å²) in [6, 6.07) is 10.8. The first-order valence-electron chi connectivity index (χ1n) is 6.95. The van der Waals surface area contributed by atoms with Crippen LogP contribution >= 0.6 is 23.4 Å². The van der Waals surface area contributed by atoms with Crippen molar-refractivity contribution in [2.75, 3.05) is 12.3 Å². The lowest BCUT2D eigenvalue weighted by Crippen LogP contribution is -2.26. The minimum absolute atomic E-state index is 0.0854. The topological polar surface area (TPSA) is 85.1 Å². The number of amides is 2. The number of carbonyl (C=O) groups excluding carboxylic acids is 2. The van der Waals surface area contributed by atoms with Crippen molar-refractivity contribution in [2.45, 2.75) is 11.4 Å². The van der Waals surface area contributed by atoms with Crippen LogP contribution in [0.1, 0.15) is 15.9 Å². The van der Waals surface area contributed by atoms with E-state index in [0.717, 1.165) is 17.3 Å². The second-order valence-corrected chi connectivity index (χ2v) is 6.14. The Labute approximate surface area is 143 Å². The number of primary amides is 1. The molecule has 2 amide bonds. The molecule has 0 spiro atoms. The van der Waals surface area contributed by atoms with E-state index in [2.05, 4.69) is 10.3 Å². The summed E-state index contributed by atoms with van der Waals surface area (Å²) >= 11 is 6.99. The highest BCUT2D eigenvalue weighted by Gasteiger charge is 2.13. The van der Waals surface area contributed by atoms with E-state index < -0.39 is 5.91 Å². The summed E-state index contributed by atoms with van der Waals surface area (Å²) in [5, 5.41) is 4.03. The SMILES string of the molecule is NC(=O)CSc1ncccc1C(=O)NCCc1ccc(Cl)cc1. The highest BCUT2D eigenvalue weighted by Crippen LogP contribution is 2.19. The monoisotopic (exact) mass is 349 g/mol. The molecule has 0 aliphatic rings. The van der Waals surface area contributed by atoms with E-state index >= 15 is 0 Å². The maximum atomic E-state index is 12.3. The molecule has 0 atom stereocenters. The molecule has 0 unspecified atom stereocenters. The van der Waals surface area contributed by atoms with Gasteiger partial charge in [-0.15, -0.1) is 0 Å². The minimum atomic E-state index is -0.449. The second-order valence-electron chi connectivity index (χ2n) is 4.74. The quantitative estimate of drug-likeness (QED) is 0.751. The van der Waals surface area contributed by atoms with Crippen LogP contribution in [0.2, 0.25) is 5.02 Å².